The number of rotatable bonds is 5. The van der Waals surface area contributed by atoms with Crippen LogP contribution in [-0.2, 0) is 11.3 Å². The van der Waals surface area contributed by atoms with Crippen LogP contribution in [0.4, 0.5) is 0 Å². The van der Waals surface area contributed by atoms with E-state index in [4.69, 9.17) is 0 Å². The van der Waals surface area contributed by atoms with Crippen LogP contribution in [0, 0.1) is 12.8 Å². The fourth-order valence-corrected chi connectivity index (χ4v) is 4.70. The second-order valence-corrected chi connectivity index (χ2v) is 8.64. The van der Waals surface area contributed by atoms with Crippen molar-refractivity contribution in [2.75, 3.05) is 38.2 Å². The number of amides is 1. The van der Waals surface area contributed by atoms with E-state index >= 15 is 0 Å². The average Bonchev–Trinajstić information content (AvgIpc) is 3.13. The molecule has 2 fully saturated rings. The summed E-state index contributed by atoms with van der Waals surface area (Å²) < 4.78 is 1.94. The van der Waals surface area contributed by atoms with Gasteiger partial charge in [0.25, 0.3) is 0 Å². The van der Waals surface area contributed by atoms with E-state index in [1.54, 1.807) is 7.05 Å². The molecule has 3 rings (SSSR count). The number of hydrogen-bond acceptors (Lipinski definition) is 4. The number of aryl methyl sites for hydroxylation is 1. The van der Waals surface area contributed by atoms with Gasteiger partial charge >= 0.3 is 0 Å². The Hall–Kier alpha value is -0.970. The van der Waals surface area contributed by atoms with Gasteiger partial charge in [0.1, 0.15) is 0 Å². The molecule has 158 valence electrons. The van der Waals surface area contributed by atoms with Crippen molar-refractivity contribution in [3.8, 4) is 0 Å². The highest BCUT2D eigenvalue weighted by molar-refractivity contribution is 14.0. The molecular weight excluding hydrogens is 487 g/mol. The van der Waals surface area contributed by atoms with Gasteiger partial charge in [-0.1, -0.05) is 0 Å². The Labute approximate surface area is 189 Å². The standard InChI is InChI=1S/C19H32N6OS.HI/c1-15-13-22-25(14-15)8-7-21-19(20-2)23-17-5-3-16(4-6-17)18(26)24-9-11-27-12-10-24;/h13-14,16-17H,3-12H2,1-2H3,(H2,20,21,23);1H. The number of nitrogens with zero attached hydrogens (tertiary/aromatic N) is 4. The molecule has 0 atom stereocenters. The van der Waals surface area contributed by atoms with Crippen LogP contribution in [0.1, 0.15) is 31.2 Å². The third-order valence-electron chi connectivity index (χ3n) is 5.36. The van der Waals surface area contributed by atoms with E-state index in [0.29, 0.717) is 11.9 Å². The molecule has 7 nitrogen and oxygen atoms in total. The zero-order valence-corrected chi connectivity index (χ0v) is 20.0. The molecule has 0 bridgehead atoms. The first-order valence-corrected chi connectivity index (χ1v) is 11.1. The number of nitrogens with one attached hydrogen (secondary N) is 2. The zero-order valence-electron chi connectivity index (χ0n) is 16.9. The molecule has 28 heavy (non-hydrogen) atoms. The van der Waals surface area contributed by atoms with E-state index in [-0.39, 0.29) is 29.9 Å². The summed E-state index contributed by atoms with van der Waals surface area (Å²) in [5.74, 6) is 3.60. The quantitative estimate of drug-likeness (QED) is 0.354. The van der Waals surface area contributed by atoms with Gasteiger partial charge in [0.15, 0.2) is 5.96 Å². The lowest BCUT2D eigenvalue weighted by Gasteiger charge is -2.34. The van der Waals surface area contributed by atoms with E-state index in [9.17, 15) is 4.79 Å². The number of thioether (sulfide) groups is 1. The van der Waals surface area contributed by atoms with E-state index in [2.05, 4.69) is 25.6 Å². The summed E-state index contributed by atoms with van der Waals surface area (Å²) in [4.78, 5) is 19.1. The Morgan fingerprint density at radius 2 is 2.00 bits per heavy atom. The fraction of sp³-hybridized carbons (Fsp3) is 0.737. The van der Waals surface area contributed by atoms with Crippen LogP contribution in [0.2, 0.25) is 0 Å². The number of aromatic nitrogens is 2. The molecule has 0 unspecified atom stereocenters. The topological polar surface area (TPSA) is 74.5 Å². The lowest BCUT2D eigenvalue weighted by molar-refractivity contribution is -0.136. The van der Waals surface area contributed by atoms with Gasteiger partial charge in [-0.2, -0.15) is 16.9 Å². The van der Waals surface area contributed by atoms with Gasteiger partial charge < -0.3 is 15.5 Å². The molecule has 9 heteroatoms. The first-order chi connectivity index (χ1) is 13.2. The summed E-state index contributed by atoms with van der Waals surface area (Å²) in [6.45, 7) is 5.48. The van der Waals surface area contributed by atoms with Crippen LogP contribution in [0.5, 0.6) is 0 Å². The average molecular weight is 520 g/mol. The smallest absolute Gasteiger partial charge is 0.225 e. The Morgan fingerprint density at radius 3 is 2.61 bits per heavy atom. The van der Waals surface area contributed by atoms with Crippen molar-refractivity contribution in [2.24, 2.45) is 10.9 Å². The zero-order chi connectivity index (χ0) is 19.1. The summed E-state index contributed by atoms with van der Waals surface area (Å²) in [6.07, 6.45) is 7.91. The van der Waals surface area contributed by atoms with Crippen molar-refractivity contribution in [3.05, 3.63) is 18.0 Å². The SMILES string of the molecule is CN=C(NCCn1cc(C)cn1)NC1CCC(C(=O)N2CCSCC2)CC1.I. The van der Waals surface area contributed by atoms with Crippen molar-refractivity contribution in [1.82, 2.24) is 25.3 Å². The molecule has 0 spiro atoms. The molecule has 0 radical (unpaired) electrons. The number of guanidine groups is 1. The van der Waals surface area contributed by atoms with Crippen LogP contribution >= 0.6 is 35.7 Å². The Kier molecular flexibility index (Phi) is 9.90. The molecule has 2 heterocycles. The minimum Gasteiger partial charge on any atom is -0.355 e. The minimum absolute atomic E-state index is 0. The first kappa shape index (κ1) is 23.3. The molecule has 0 aromatic carbocycles. The summed E-state index contributed by atoms with van der Waals surface area (Å²) in [5, 5.41) is 11.2. The van der Waals surface area contributed by atoms with Gasteiger partial charge in [-0.3, -0.25) is 14.5 Å². The predicted molar refractivity (Wildman–Crippen MR) is 127 cm³/mol. The molecule has 1 aromatic heterocycles. The first-order valence-electron chi connectivity index (χ1n) is 9.98. The van der Waals surface area contributed by atoms with Gasteiger partial charge in [0.2, 0.25) is 5.91 Å². The van der Waals surface area contributed by atoms with Crippen molar-refractivity contribution in [2.45, 2.75) is 45.2 Å². The number of carbonyl (C=O) groups is 1. The molecule has 1 aromatic rings. The summed E-state index contributed by atoms with van der Waals surface area (Å²) in [5.41, 5.74) is 1.17. The molecule has 1 saturated carbocycles. The number of carbonyl (C=O) groups excluding carboxylic acids is 1. The summed E-state index contributed by atoms with van der Waals surface area (Å²) >= 11 is 1.95. The molecule has 1 aliphatic heterocycles. The maximum Gasteiger partial charge on any atom is 0.225 e. The van der Waals surface area contributed by atoms with Crippen LogP contribution in [0.15, 0.2) is 17.4 Å². The molecular formula is C19H33IN6OS. The van der Waals surface area contributed by atoms with Gasteiger partial charge in [-0.25, -0.2) is 0 Å². The highest BCUT2D eigenvalue weighted by Crippen LogP contribution is 2.27. The van der Waals surface area contributed by atoms with Crippen molar-refractivity contribution in [1.29, 1.82) is 0 Å². The summed E-state index contributed by atoms with van der Waals surface area (Å²) in [6, 6.07) is 0.393. The van der Waals surface area contributed by atoms with Crippen LogP contribution in [0.3, 0.4) is 0 Å². The number of aliphatic imine (C=N–C) groups is 1. The third-order valence-corrected chi connectivity index (χ3v) is 6.30. The maximum atomic E-state index is 12.7. The molecule has 1 amide bonds. The van der Waals surface area contributed by atoms with Gasteiger partial charge in [-0.05, 0) is 38.2 Å². The summed E-state index contributed by atoms with van der Waals surface area (Å²) in [7, 11) is 1.80. The van der Waals surface area contributed by atoms with E-state index in [0.717, 1.165) is 69.3 Å². The third kappa shape index (κ3) is 6.82. The Bertz CT molecular complexity index is 638. The van der Waals surface area contributed by atoms with Gasteiger partial charge in [-0.15, -0.1) is 24.0 Å². The van der Waals surface area contributed by atoms with Crippen molar-refractivity contribution in [3.63, 3.8) is 0 Å². The minimum atomic E-state index is 0. The normalized spacial score (nSPS) is 23.1. The lowest BCUT2D eigenvalue weighted by atomic mass is 9.85. The lowest BCUT2D eigenvalue weighted by Crippen LogP contribution is -2.47. The van der Waals surface area contributed by atoms with E-state index in [1.807, 2.05) is 35.8 Å². The van der Waals surface area contributed by atoms with Crippen LogP contribution in [-0.4, -0.2) is 70.8 Å². The second kappa shape index (κ2) is 11.9. The van der Waals surface area contributed by atoms with Crippen LogP contribution in [0.25, 0.3) is 0 Å². The Morgan fingerprint density at radius 1 is 1.29 bits per heavy atom. The maximum absolute atomic E-state index is 12.7. The van der Waals surface area contributed by atoms with E-state index in [1.165, 1.54) is 5.56 Å². The Balaban J connectivity index is 0.00000280. The molecule has 1 saturated heterocycles. The van der Waals surface area contributed by atoms with Crippen molar-refractivity contribution < 1.29 is 4.79 Å². The molecule has 2 aliphatic rings. The largest absolute Gasteiger partial charge is 0.355 e. The van der Waals surface area contributed by atoms with E-state index < -0.39 is 0 Å². The number of halogens is 1. The molecule has 1 aliphatic carbocycles. The van der Waals surface area contributed by atoms with Gasteiger partial charge in [0, 0.05) is 56.3 Å². The van der Waals surface area contributed by atoms with Crippen molar-refractivity contribution >= 4 is 47.6 Å². The second-order valence-electron chi connectivity index (χ2n) is 7.41. The van der Waals surface area contributed by atoms with Gasteiger partial charge in [0.05, 0.1) is 12.7 Å². The number of hydrogen-bond donors (Lipinski definition) is 2. The monoisotopic (exact) mass is 520 g/mol. The fourth-order valence-electron chi connectivity index (χ4n) is 3.79. The molecule has 2 N–H and O–H groups in total. The predicted octanol–water partition coefficient (Wildman–Crippen LogP) is 2.11. The highest BCUT2D eigenvalue weighted by atomic mass is 127. The van der Waals surface area contributed by atoms with Crippen LogP contribution < -0.4 is 10.6 Å². The highest BCUT2D eigenvalue weighted by Gasteiger charge is 2.30.